The summed E-state index contributed by atoms with van der Waals surface area (Å²) < 4.78 is 0. The molecular formula is C27H25N3O. The Morgan fingerprint density at radius 3 is 2.58 bits per heavy atom. The lowest BCUT2D eigenvalue weighted by Crippen LogP contribution is -2.46. The predicted octanol–water partition coefficient (Wildman–Crippen LogP) is 5.65. The fourth-order valence-corrected chi connectivity index (χ4v) is 4.53. The molecule has 0 fully saturated rings. The second kappa shape index (κ2) is 8.23. The number of nitrogens with one attached hydrogen (secondary N) is 1. The molecular weight excluding hydrogens is 382 g/mol. The van der Waals surface area contributed by atoms with Crippen molar-refractivity contribution in [1.82, 2.24) is 15.2 Å². The normalized spacial score (nSPS) is 16.5. The zero-order chi connectivity index (χ0) is 21.2. The first kappa shape index (κ1) is 19.3. The lowest BCUT2D eigenvalue weighted by atomic mass is 9.89. The molecule has 31 heavy (non-hydrogen) atoms. The van der Waals surface area contributed by atoms with E-state index in [4.69, 9.17) is 4.98 Å². The number of nitrogens with zero attached hydrogens (tertiary/aromatic N) is 2. The van der Waals surface area contributed by atoms with Gasteiger partial charge in [0.05, 0.1) is 11.7 Å². The molecule has 0 radical (unpaired) electrons. The van der Waals surface area contributed by atoms with Crippen molar-refractivity contribution in [2.45, 2.75) is 25.4 Å². The maximum Gasteiger partial charge on any atom is 0.318 e. The summed E-state index contributed by atoms with van der Waals surface area (Å²) in [5.74, 6) is 0. The van der Waals surface area contributed by atoms with E-state index < -0.39 is 0 Å². The van der Waals surface area contributed by atoms with Crippen LogP contribution in [0.25, 0.3) is 10.8 Å². The molecule has 1 aliphatic heterocycles. The van der Waals surface area contributed by atoms with E-state index in [-0.39, 0.29) is 18.1 Å². The van der Waals surface area contributed by atoms with Crippen molar-refractivity contribution >= 4 is 16.8 Å². The summed E-state index contributed by atoms with van der Waals surface area (Å²) in [5.41, 5.74) is 4.45. The van der Waals surface area contributed by atoms with Crippen molar-refractivity contribution in [3.05, 3.63) is 114 Å². The summed E-state index contributed by atoms with van der Waals surface area (Å²) in [5, 5.41) is 5.42. The smallest absolute Gasteiger partial charge is 0.318 e. The summed E-state index contributed by atoms with van der Waals surface area (Å²) in [6.07, 6.45) is 2.68. The summed E-state index contributed by atoms with van der Waals surface area (Å²) in [7, 11) is 0. The highest BCUT2D eigenvalue weighted by Gasteiger charge is 2.34. The van der Waals surface area contributed by atoms with Crippen LogP contribution >= 0.6 is 0 Å². The summed E-state index contributed by atoms with van der Waals surface area (Å²) >= 11 is 0. The van der Waals surface area contributed by atoms with Crippen molar-refractivity contribution < 1.29 is 4.79 Å². The van der Waals surface area contributed by atoms with Gasteiger partial charge in [-0.25, -0.2) is 4.79 Å². The third-order valence-electron chi connectivity index (χ3n) is 6.15. The molecule has 2 amide bonds. The molecule has 1 aromatic heterocycles. The third-order valence-corrected chi connectivity index (χ3v) is 6.15. The van der Waals surface area contributed by atoms with Gasteiger partial charge in [-0.3, -0.25) is 4.98 Å². The molecule has 4 aromatic rings. The van der Waals surface area contributed by atoms with Crippen LogP contribution in [0, 0.1) is 0 Å². The number of urea groups is 1. The van der Waals surface area contributed by atoms with Crippen molar-refractivity contribution in [2.24, 2.45) is 0 Å². The second-order valence-electron chi connectivity index (χ2n) is 8.04. The number of fused-ring (bicyclic) bond motifs is 2. The second-order valence-corrected chi connectivity index (χ2v) is 8.04. The van der Waals surface area contributed by atoms with Crippen molar-refractivity contribution in [3.8, 4) is 0 Å². The van der Waals surface area contributed by atoms with Gasteiger partial charge in [-0.2, -0.15) is 0 Å². The molecule has 0 saturated carbocycles. The van der Waals surface area contributed by atoms with Gasteiger partial charge in [0.15, 0.2) is 0 Å². The SMILES string of the molecule is C[C@H](NC(=O)N1CCc2ccccc2[C@H]1c1nccc2ccccc12)c1ccccc1. The molecule has 3 aromatic carbocycles. The molecule has 0 unspecified atom stereocenters. The molecule has 154 valence electrons. The van der Waals surface area contributed by atoms with Crippen molar-refractivity contribution in [2.75, 3.05) is 6.54 Å². The molecule has 1 aliphatic rings. The number of aromatic nitrogens is 1. The van der Waals surface area contributed by atoms with E-state index in [0.29, 0.717) is 6.54 Å². The average molecular weight is 408 g/mol. The molecule has 1 N–H and O–H groups in total. The standard InChI is InChI=1S/C27H25N3O/c1-19(20-9-3-2-4-10-20)29-27(31)30-18-16-22-12-6-8-14-24(22)26(30)25-23-13-7-5-11-21(23)15-17-28-25/h2-15,17,19,26H,16,18H2,1H3,(H,29,31)/t19-,26-/m0/s1. The van der Waals surface area contributed by atoms with Gasteiger partial charge in [-0.05, 0) is 41.5 Å². The highest BCUT2D eigenvalue weighted by atomic mass is 16.2. The lowest BCUT2D eigenvalue weighted by molar-refractivity contribution is 0.176. The van der Waals surface area contributed by atoms with Gasteiger partial charge >= 0.3 is 6.03 Å². The van der Waals surface area contributed by atoms with E-state index >= 15 is 0 Å². The summed E-state index contributed by atoms with van der Waals surface area (Å²) in [6, 6.07) is 28.4. The Kier molecular flexibility index (Phi) is 5.13. The Labute approximate surface area is 182 Å². The Hall–Kier alpha value is -3.66. The van der Waals surface area contributed by atoms with Crippen LogP contribution in [0.4, 0.5) is 4.79 Å². The van der Waals surface area contributed by atoms with Crippen LogP contribution in [0.15, 0.2) is 91.1 Å². The Morgan fingerprint density at radius 1 is 0.968 bits per heavy atom. The molecule has 4 heteroatoms. The monoisotopic (exact) mass is 407 g/mol. The van der Waals surface area contributed by atoms with E-state index in [9.17, 15) is 4.79 Å². The maximum absolute atomic E-state index is 13.5. The molecule has 0 bridgehead atoms. The minimum absolute atomic E-state index is 0.0643. The molecule has 2 atom stereocenters. The molecule has 0 spiro atoms. The first-order valence-electron chi connectivity index (χ1n) is 10.8. The zero-order valence-electron chi connectivity index (χ0n) is 17.5. The van der Waals surface area contributed by atoms with Gasteiger partial charge in [-0.15, -0.1) is 0 Å². The van der Waals surface area contributed by atoms with Crippen LogP contribution in [0.2, 0.25) is 0 Å². The number of amides is 2. The topological polar surface area (TPSA) is 45.2 Å². The highest BCUT2D eigenvalue weighted by Crippen LogP contribution is 2.37. The van der Waals surface area contributed by atoms with E-state index in [1.807, 2.05) is 72.6 Å². The quantitative estimate of drug-likeness (QED) is 0.477. The van der Waals surface area contributed by atoms with Crippen LogP contribution in [0.3, 0.4) is 0 Å². The molecule has 4 nitrogen and oxygen atoms in total. The minimum Gasteiger partial charge on any atom is -0.331 e. The first-order valence-corrected chi connectivity index (χ1v) is 10.8. The van der Waals surface area contributed by atoms with Gasteiger partial charge < -0.3 is 10.2 Å². The molecule has 0 saturated heterocycles. The van der Waals surface area contributed by atoms with E-state index in [1.165, 1.54) is 5.56 Å². The lowest BCUT2D eigenvalue weighted by Gasteiger charge is -2.38. The van der Waals surface area contributed by atoms with Crippen LogP contribution < -0.4 is 5.32 Å². The zero-order valence-corrected chi connectivity index (χ0v) is 17.5. The largest absolute Gasteiger partial charge is 0.331 e. The van der Waals surface area contributed by atoms with E-state index in [2.05, 4.69) is 35.6 Å². The predicted molar refractivity (Wildman–Crippen MR) is 124 cm³/mol. The Bertz CT molecular complexity index is 1220. The fraction of sp³-hybridized carbons (Fsp3) is 0.185. The molecule has 0 aliphatic carbocycles. The van der Waals surface area contributed by atoms with Gasteiger partial charge in [0.25, 0.3) is 0 Å². The highest BCUT2D eigenvalue weighted by molar-refractivity contribution is 5.86. The maximum atomic E-state index is 13.5. The number of rotatable bonds is 3. The fourth-order valence-electron chi connectivity index (χ4n) is 4.53. The van der Waals surface area contributed by atoms with Gasteiger partial charge in [0.2, 0.25) is 0 Å². The van der Waals surface area contributed by atoms with Crippen LogP contribution in [0.1, 0.15) is 41.4 Å². The summed E-state index contributed by atoms with van der Waals surface area (Å²) in [6.45, 7) is 2.68. The van der Waals surface area contributed by atoms with Gasteiger partial charge in [0, 0.05) is 18.1 Å². The van der Waals surface area contributed by atoms with Crippen LogP contribution in [-0.4, -0.2) is 22.5 Å². The average Bonchev–Trinajstić information content (AvgIpc) is 2.83. The van der Waals surface area contributed by atoms with Gasteiger partial charge in [-0.1, -0.05) is 78.9 Å². The Balaban J connectivity index is 1.56. The molecule has 2 heterocycles. The number of hydrogen-bond acceptors (Lipinski definition) is 2. The molecule has 5 rings (SSSR count). The Morgan fingerprint density at radius 2 is 1.71 bits per heavy atom. The van der Waals surface area contributed by atoms with E-state index in [1.54, 1.807) is 0 Å². The number of carbonyl (C=O) groups is 1. The van der Waals surface area contributed by atoms with Crippen LogP contribution in [0.5, 0.6) is 0 Å². The third kappa shape index (κ3) is 3.66. The summed E-state index contributed by atoms with van der Waals surface area (Å²) in [4.78, 5) is 20.2. The van der Waals surface area contributed by atoms with Crippen molar-refractivity contribution in [3.63, 3.8) is 0 Å². The van der Waals surface area contributed by atoms with Crippen molar-refractivity contribution in [1.29, 1.82) is 0 Å². The number of hydrogen-bond donors (Lipinski definition) is 1. The minimum atomic E-state index is -0.223. The number of carbonyl (C=O) groups excluding carboxylic acids is 1. The van der Waals surface area contributed by atoms with E-state index in [0.717, 1.165) is 34.0 Å². The number of pyridine rings is 1. The van der Waals surface area contributed by atoms with Gasteiger partial charge in [0.1, 0.15) is 6.04 Å². The first-order chi connectivity index (χ1) is 15.2. The van der Waals surface area contributed by atoms with Crippen LogP contribution in [-0.2, 0) is 6.42 Å². The number of benzene rings is 3.